The van der Waals surface area contributed by atoms with E-state index in [-0.39, 0.29) is 5.78 Å². The quantitative estimate of drug-likeness (QED) is 0.259. The van der Waals surface area contributed by atoms with Gasteiger partial charge in [-0.2, -0.15) is 0 Å². The van der Waals surface area contributed by atoms with Crippen LogP contribution in [0.15, 0.2) is 109 Å². The summed E-state index contributed by atoms with van der Waals surface area (Å²) < 4.78 is 0. The average Bonchev–Trinajstić information content (AvgIpc) is 2.79. The predicted octanol–water partition coefficient (Wildman–Crippen LogP) is 7.29. The third-order valence-corrected chi connectivity index (χ3v) is 5.28. The first-order valence-corrected chi connectivity index (χ1v) is 10.2. The number of hydrogen-bond acceptors (Lipinski definition) is 1. The third kappa shape index (κ3) is 4.47. The number of hydrogen-bond donors (Lipinski definition) is 0. The molecule has 4 aromatic carbocycles. The van der Waals surface area contributed by atoms with Crippen molar-refractivity contribution in [1.29, 1.82) is 0 Å². The van der Waals surface area contributed by atoms with Gasteiger partial charge in [-0.25, -0.2) is 0 Å². The van der Waals surface area contributed by atoms with Gasteiger partial charge in [0.2, 0.25) is 0 Å². The summed E-state index contributed by atoms with van der Waals surface area (Å²) in [6.45, 7) is 4.12. The van der Waals surface area contributed by atoms with E-state index < -0.39 is 0 Å². The molecule has 0 unspecified atom stereocenters. The van der Waals surface area contributed by atoms with Crippen LogP contribution in [0.4, 0.5) is 0 Å². The van der Waals surface area contributed by atoms with Crippen LogP contribution in [0, 0.1) is 13.8 Å². The number of carbonyl (C=O) groups is 1. The lowest BCUT2D eigenvalue weighted by molar-refractivity contribution is 0.104. The molecule has 0 atom stereocenters. The SMILES string of the molecule is Cc1ccc(C(=O)/C=C(\c2ccccc2)c2ccc(-c3ccc(C)cc3)cc2)cc1. The second kappa shape index (κ2) is 8.75. The van der Waals surface area contributed by atoms with Crippen LogP contribution in [0.2, 0.25) is 0 Å². The van der Waals surface area contributed by atoms with Crippen molar-refractivity contribution < 1.29 is 4.79 Å². The smallest absolute Gasteiger partial charge is 0.186 e. The van der Waals surface area contributed by atoms with Crippen molar-refractivity contribution in [2.45, 2.75) is 13.8 Å². The Morgan fingerprint density at radius 2 is 0.967 bits per heavy atom. The van der Waals surface area contributed by atoms with Crippen LogP contribution in [0.3, 0.4) is 0 Å². The zero-order chi connectivity index (χ0) is 20.9. The molecule has 1 nitrogen and oxygen atoms in total. The van der Waals surface area contributed by atoms with Crippen molar-refractivity contribution in [3.05, 3.63) is 137 Å². The Hall–Kier alpha value is -3.71. The first kappa shape index (κ1) is 19.6. The van der Waals surface area contributed by atoms with E-state index in [9.17, 15) is 4.79 Å². The molecule has 0 saturated carbocycles. The minimum Gasteiger partial charge on any atom is -0.289 e. The number of allylic oxidation sites excluding steroid dienone is 1. The van der Waals surface area contributed by atoms with Crippen molar-refractivity contribution >= 4 is 11.4 Å². The maximum absolute atomic E-state index is 13.0. The van der Waals surface area contributed by atoms with Gasteiger partial charge in [0.1, 0.15) is 0 Å². The van der Waals surface area contributed by atoms with Crippen LogP contribution in [-0.2, 0) is 0 Å². The molecule has 0 saturated heterocycles. The molecule has 0 amide bonds. The highest BCUT2D eigenvalue weighted by Gasteiger charge is 2.10. The van der Waals surface area contributed by atoms with Gasteiger partial charge in [0.25, 0.3) is 0 Å². The summed E-state index contributed by atoms with van der Waals surface area (Å²) in [5.41, 5.74) is 8.43. The average molecular weight is 389 g/mol. The van der Waals surface area contributed by atoms with Crippen molar-refractivity contribution in [3.63, 3.8) is 0 Å². The van der Waals surface area contributed by atoms with Crippen molar-refractivity contribution in [1.82, 2.24) is 0 Å². The molecule has 0 aromatic heterocycles. The standard InChI is InChI=1S/C29H24O/c1-21-8-12-23(13-9-21)24-16-18-26(19-17-24)28(25-6-4-3-5-7-25)20-29(30)27-14-10-22(2)11-15-27/h3-20H,1-2H3/b28-20+. The predicted molar refractivity (Wildman–Crippen MR) is 126 cm³/mol. The fourth-order valence-corrected chi connectivity index (χ4v) is 3.47. The van der Waals surface area contributed by atoms with E-state index >= 15 is 0 Å². The first-order valence-electron chi connectivity index (χ1n) is 10.2. The number of carbonyl (C=O) groups excluding carboxylic acids is 1. The minimum absolute atomic E-state index is 0.0106. The fraction of sp³-hybridized carbons (Fsp3) is 0.0690. The van der Waals surface area contributed by atoms with Gasteiger partial charge in [0, 0.05) is 5.56 Å². The second-order valence-electron chi connectivity index (χ2n) is 7.60. The van der Waals surface area contributed by atoms with Gasteiger partial charge in [0.05, 0.1) is 0 Å². The molecule has 4 rings (SSSR count). The summed E-state index contributed by atoms with van der Waals surface area (Å²) in [6.07, 6.45) is 1.75. The summed E-state index contributed by atoms with van der Waals surface area (Å²) >= 11 is 0. The monoisotopic (exact) mass is 388 g/mol. The molecule has 0 radical (unpaired) electrons. The molecule has 146 valence electrons. The highest BCUT2D eigenvalue weighted by Crippen LogP contribution is 2.27. The lowest BCUT2D eigenvalue weighted by Crippen LogP contribution is -1.98. The molecule has 4 aromatic rings. The third-order valence-electron chi connectivity index (χ3n) is 5.28. The summed E-state index contributed by atoms with van der Waals surface area (Å²) in [7, 11) is 0. The van der Waals surface area contributed by atoms with Gasteiger partial charge in [-0.3, -0.25) is 4.79 Å². The Kier molecular flexibility index (Phi) is 5.72. The number of rotatable bonds is 5. The summed E-state index contributed by atoms with van der Waals surface area (Å²) in [5.74, 6) is 0.0106. The second-order valence-corrected chi connectivity index (χ2v) is 7.60. The molecule has 0 aliphatic carbocycles. The molecule has 0 spiro atoms. The Labute approximate surface area is 178 Å². The van der Waals surface area contributed by atoms with E-state index in [1.807, 2.05) is 61.5 Å². The van der Waals surface area contributed by atoms with Crippen LogP contribution < -0.4 is 0 Å². The van der Waals surface area contributed by atoms with Gasteiger partial charge < -0.3 is 0 Å². The Morgan fingerprint density at radius 1 is 0.533 bits per heavy atom. The number of ketones is 1. The van der Waals surface area contributed by atoms with E-state index in [0.29, 0.717) is 5.56 Å². The van der Waals surface area contributed by atoms with Gasteiger partial charge in [-0.05, 0) is 47.8 Å². The van der Waals surface area contributed by atoms with Crippen molar-refractivity contribution in [2.75, 3.05) is 0 Å². The fourth-order valence-electron chi connectivity index (χ4n) is 3.47. The topological polar surface area (TPSA) is 17.1 Å². The Balaban J connectivity index is 1.72. The molecule has 0 aliphatic rings. The van der Waals surface area contributed by atoms with Crippen molar-refractivity contribution in [3.8, 4) is 11.1 Å². The van der Waals surface area contributed by atoms with Crippen LogP contribution in [0.25, 0.3) is 16.7 Å². The zero-order valence-corrected chi connectivity index (χ0v) is 17.3. The number of benzene rings is 4. The Morgan fingerprint density at radius 3 is 1.53 bits per heavy atom. The van der Waals surface area contributed by atoms with Crippen LogP contribution in [0.5, 0.6) is 0 Å². The van der Waals surface area contributed by atoms with Gasteiger partial charge in [-0.15, -0.1) is 0 Å². The summed E-state index contributed by atoms with van der Waals surface area (Å²) in [4.78, 5) is 13.0. The molecule has 30 heavy (non-hydrogen) atoms. The molecular formula is C29H24O. The van der Waals surface area contributed by atoms with E-state index in [2.05, 4.69) is 55.5 Å². The molecule has 0 bridgehead atoms. The van der Waals surface area contributed by atoms with Gasteiger partial charge in [-0.1, -0.05) is 114 Å². The maximum Gasteiger partial charge on any atom is 0.186 e. The van der Waals surface area contributed by atoms with Gasteiger partial charge >= 0.3 is 0 Å². The summed E-state index contributed by atoms with van der Waals surface area (Å²) in [5, 5.41) is 0. The van der Waals surface area contributed by atoms with E-state index in [1.54, 1.807) is 6.08 Å². The molecule has 0 heterocycles. The number of aryl methyl sites for hydroxylation is 2. The van der Waals surface area contributed by atoms with Gasteiger partial charge in [0.15, 0.2) is 5.78 Å². The minimum atomic E-state index is 0.0106. The maximum atomic E-state index is 13.0. The first-order chi connectivity index (χ1) is 14.6. The summed E-state index contributed by atoms with van der Waals surface area (Å²) in [6, 6.07) is 34.7. The van der Waals surface area contributed by atoms with E-state index in [0.717, 1.165) is 27.8 Å². The lowest BCUT2D eigenvalue weighted by atomic mass is 9.93. The van der Waals surface area contributed by atoms with E-state index in [4.69, 9.17) is 0 Å². The molecule has 0 fully saturated rings. The highest BCUT2D eigenvalue weighted by atomic mass is 16.1. The molecule has 0 aliphatic heterocycles. The lowest BCUT2D eigenvalue weighted by Gasteiger charge is -2.10. The van der Waals surface area contributed by atoms with Crippen LogP contribution in [0.1, 0.15) is 32.6 Å². The zero-order valence-electron chi connectivity index (χ0n) is 17.3. The van der Waals surface area contributed by atoms with Crippen molar-refractivity contribution in [2.24, 2.45) is 0 Å². The molecule has 0 N–H and O–H groups in total. The highest BCUT2D eigenvalue weighted by molar-refractivity contribution is 6.10. The molecule has 1 heteroatoms. The normalized spacial score (nSPS) is 11.3. The van der Waals surface area contributed by atoms with Crippen LogP contribution in [-0.4, -0.2) is 5.78 Å². The van der Waals surface area contributed by atoms with E-state index in [1.165, 1.54) is 11.1 Å². The Bertz CT molecular complexity index is 1160. The van der Waals surface area contributed by atoms with Crippen LogP contribution >= 0.6 is 0 Å². The molecular weight excluding hydrogens is 364 g/mol. The largest absolute Gasteiger partial charge is 0.289 e.